The van der Waals surface area contributed by atoms with Gasteiger partial charge in [-0.05, 0) is 49.9 Å². The first-order chi connectivity index (χ1) is 10.2. The Morgan fingerprint density at radius 3 is 2.52 bits per heavy atom. The van der Waals surface area contributed by atoms with Crippen molar-refractivity contribution >= 4 is 21.8 Å². The third-order valence-electron chi connectivity index (χ3n) is 4.61. The Balaban J connectivity index is 1.52. The van der Waals surface area contributed by atoms with Crippen molar-refractivity contribution in [3.05, 3.63) is 34.3 Å². The minimum atomic E-state index is 0.221. The summed E-state index contributed by atoms with van der Waals surface area (Å²) in [6.07, 6.45) is 4.66. The zero-order valence-corrected chi connectivity index (χ0v) is 14.0. The molecule has 2 heterocycles. The monoisotopic (exact) mass is 350 g/mol. The lowest BCUT2D eigenvalue weighted by atomic mass is 10.0. The first-order valence-electron chi connectivity index (χ1n) is 7.98. The SMILES string of the molecule is O=C(C1CCN(Cc2ccc(Br)cc2)C1)N1CCCCC1. The minimum absolute atomic E-state index is 0.221. The summed E-state index contributed by atoms with van der Waals surface area (Å²) in [6, 6.07) is 8.48. The molecule has 0 bridgehead atoms. The van der Waals surface area contributed by atoms with E-state index in [0.29, 0.717) is 5.91 Å². The Morgan fingerprint density at radius 1 is 1.10 bits per heavy atom. The standard InChI is InChI=1S/C17H23BrN2O/c18-16-6-4-14(5-7-16)12-19-11-8-15(13-19)17(21)20-9-2-1-3-10-20/h4-7,15H,1-3,8-13H2. The van der Waals surface area contributed by atoms with Gasteiger partial charge < -0.3 is 4.90 Å². The van der Waals surface area contributed by atoms with Crippen LogP contribution in [0.3, 0.4) is 0 Å². The summed E-state index contributed by atoms with van der Waals surface area (Å²) in [6.45, 7) is 4.87. The van der Waals surface area contributed by atoms with Gasteiger partial charge in [-0.25, -0.2) is 0 Å². The van der Waals surface area contributed by atoms with Crippen LogP contribution in [-0.2, 0) is 11.3 Å². The van der Waals surface area contributed by atoms with E-state index in [9.17, 15) is 4.79 Å². The molecule has 3 nitrogen and oxygen atoms in total. The fourth-order valence-corrected chi connectivity index (χ4v) is 3.66. The van der Waals surface area contributed by atoms with E-state index >= 15 is 0 Å². The van der Waals surface area contributed by atoms with Gasteiger partial charge in [-0.15, -0.1) is 0 Å². The molecule has 1 aromatic rings. The van der Waals surface area contributed by atoms with E-state index in [1.807, 2.05) is 0 Å². The van der Waals surface area contributed by atoms with E-state index in [1.165, 1.54) is 24.8 Å². The summed E-state index contributed by atoms with van der Waals surface area (Å²) < 4.78 is 1.12. The van der Waals surface area contributed by atoms with Gasteiger partial charge in [0.05, 0.1) is 5.92 Å². The number of amides is 1. The van der Waals surface area contributed by atoms with E-state index in [1.54, 1.807) is 0 Å². The zero-order valence-electron chi connectivity index (χ0n) is 12.4. The third-order valence-corrected chi connectivity index (χ3v) is 5.14. The summed E-state index contributed by atoms with van der Waals surface area (Å²) >= 11 is 3.47. The van der Waals surface area contributed by atoms with Crippen LogP contribution in [0.15, 0.2) is 28.7 Å². The summed E-state index contributed by atoms with van der Waals surface area (Å²) in [7, 11) is 0. The normalized spacial score (nSPS) is 23.5. The lowest BCUT2D eigenvalue weighted by molar-refractivity contribution is -0.136. The number of halogens is 1. The van der Waals surface area contributed by atoms with Crippen LogP contribution in [0.25, 0.3) is 0 Å². The topological polar surface area (TPSA) is 23.6 Å². The Labute approximate surface area is 135 Å². The van der Waals surface area contributed by atoms with E-state index in [4.69, 9.17) is 0 Å². The number of nitrogens with zero attached hydrogens (tertiary/aromatic N) is 2. The minimum Gasteiger partial charge on any atom is -0.342 e. The number of piperidine rings is 1. The van der Waals surface area contributed by atoms with Gasteiger partial charge in [0.15, 0.2) is 0 Å². The molecule has 2 aliphatic heterocycles. The summed E-state index contributed by atoms with van der Waals surface area (Å²) in [5, 5.41) is 0. The van der Waals surface area contributed by atoms with E-state index in [-0.39, 0.29) is 5.92 Å². The number of carbonyl (C=O) groups excluding carboxylic acids is 1. The number of rotatable bonds is 3. The van der Waals surface area contributed by atoms with Gasteiger partial charge in [0, 0.05) is 30.7 Å². The predicted octanol–water partition coefficient (Wildman–Crippen LogP) is 3.28. The Kier molecular flexibility index (Phi) is 4.96. The predicted molar refractivity (Wildman–Crippen MR) is 88.0 cm³/mol. The van der Waals surface area contributed by atoms with Crippen LogP contribution < -0.4 is 0 Å². The number of likely N-dealkylation sites (tertiary alicyclic amines) is 2. The van der Waals surface area contributed by atoms with Crippen LogP contribution in [0.2, 0.25) is 0 Å². The second-order valence-corrected chi connectivity index (χ2v) is 7.15. The molecule has 2 saturated heterocycles. The van der Waals surface area contributed by atoms with Crippen molar-refractivity contribution in [3.63, 3.8) is 0 Å². The molecule has 114 valence electrons. The highest BCUT2D eigenvalue weighted by Crippen LogP contribution is 2.23. The molecule has 3 rings (SSSR count). The zero-order chi connectivity index (χ0) is 14.7. The van der Waals surface area contributed by atoms with Gasteiger partial charge in [0.25, 0.3) is 0 Å². The Morgan fingerprint density at radius 2 is 1.81 bits per heavy atom. The molecule has 0 radical (unpaired) electrons. The molecule has 1 aromatic carbocycles. The molecule has 0 aliphatic carbocycles. The van der Waals surface area contributed by atoms with E-state index in [2.05, 4.69) is 50.0 Å². The van der Waals surface area contributed by atoms with Crippen molar-refractivity contribution in [2.24, 2.45) is 5.92 Å². The molecule has 0 N–H and O–H groups in total. The van der Waals surface area contributed by atoms with Crippen molar-refractivity contribution < 1.29 is 4.79 Å². The van der Waals surface area contributed by atoms with Crippen molar-refractivity contribution in [2.45, 2.75) is 32.2 Å². The molecule has 0 aromatic heterocycles. The van der Waals surface area contributed by atoms with Crippen LogP contribution in [0, 0.1) is 5.92 Å². The molecule has 2 aliphatic rings. The lowest BCUT2D eigenvalue weighted by Crippen LogP contribution is -2.40. The maximum Gasteiger partial charge on any atom is 0.227 e. The van der Waals surface area contributed by atoms with Crippen molar-refractivity contribution in [1.29, 1.82) is 0 Å². The maximum atomic E-state index is 12.5. The van der Waals surface area contributed by atoms with Gasteiger partial charge in [-0.1, -0.05) is 28.1 Å². The first-order valence-corrected chi connectivity index (χ1v) is 8.77. The van der Waals surface area contributed by atoms with Crippen molar-refractivity contribution in [3.8, 4) is 0 Å². The first kappa shape index (κ1) is 15.0. The maximum absolute atomic E-state index is 12.5. The van der Waals surface area contributed by atoms with E-state index in [0.717, 1.165) is 43.6 Å². The number of hydrogen-bond donors (Lipinski definition) is 0. The molecule has 1 unspecified atom stereocenters. The van der Waals surface area contributed by atoms with Gasteiger partial charge in [-0.2, -0.15) is 0 Å². The van der Waals surface area contributed by atoms with Gasteiger partial charge >= 0.3 is 0 Å². The van der Waals surface area contributed by atoms with E-state index < -0.39 is 0 Å². The van der Waals surface area contributed by atoms with Gasteiger partial charge in [-0.3, -0.25) is 9.69 Å². The molecule has 0 saturated carbocycles. The molecule has 2 fully saturated rings. The summed E-state index contributed by atoms with van der Waals surface area (Å²) in [4.78, 5) is 17.0. The van der Waals surface area contributed by atoms with Gasteiger partial charge in [0.2, 0.25) is 5.91 Å². The fraction of sp³-hybridized carbons (Fsp3) is 0.588. The summed E-state index contributed by atoms with van der Waals surface area (Å²) in [5.41, 5.74) is 1.32. The molecule has 1 amide bonds. The smallest absolute Gasteiger partial charge is 0.227 e. The molecule has 4 heteroatoms. The van der Waals surface area contributed by atoms with Crippen LogP contribution in [0.1, 0.15) is 31.2 Å². The van der Waals surface area contributed by atoms with Crippen LogP contribution >= 0.6 is 15.9 Å². The summed E-state index contributed by atoms with van der Waals surface area (Å²) in [5.74, 6) is 0.617. The van der Waals surface area contributed by atoms with Crippen LogP contribution in [0.5, 0.6) is 0 Å². The third kappa shape index (κ3) is 3.86. The molecule has 0 spiro atoms. The average molecular weight is 351 g/mol. The molecular formula is C17H23BrN2O. The molecule has 21 heavy (non-hydrogen) atoms. The quantitative estimate of drug-likeness (QED) is 0.834. The second-order valence-electron chi connectivity index (χ2n) is 6.23. The van der Waals surface area contributed by atoms with Crippen molar-refractivity contribution in [2.75, 3.05) is 26.2 Å². The lowest BCUT2D eigenvalue weighted by Gasteiger charge is -2.29. The Bertz CT molecular complexity index is 482. The largest absolute Gasteiger partial charge is 0.342 e. The number of benzene rings is 1. The second kappa shape index (κ2) is 6.93. The highest BCUT2D eigenvalue weighted by atomic mass is 79.9. The molecule has 1 atom stereocenters. The highest BCUT2D eigenvalue weighted by molar-refractivity contribution is 9.10. The van der Waals surface area contributed by atoms with Crippen LogP contribution in [0.4, 0.5) is 0 Å². The van der Waals surface area contributed by atoms with Crippen molar-refractivity contribution in [1.82, 2.24) is 9.80 Å². The molecular weight excluding hydrogens is 328 g/mol. The highest BCUT2D eigenvalue weighted by Gasteiger charge is 2.31. The number of carbonyl (C=O) groups is 1. The average Bonchev–Trinajstić information content (AvgIpc) is 2.98. The fourth-order valence-electron chi connectivity index (χ4n) is 3.40. The Hall–Kier alpha value is -0.870. The number of hydrogen-bond acceptors (Lipinski definition) is 2. The van der Waals surface area contributed by atoms with Gasteiger partial charge in [0.1, 0.15) is 0 Å². The van der Waals surface area contributed by atoms with Crippen LogP contribution in [-0.4, -0.2) is 41.9 Å².